The predicted octanol–water partition coefficient (Wildman–Crippen LogP) is -0.205. The number of carboxylic acid groups (broad SMARTS) is 1. The number of alkyl halides is 1. The van der Waals surface area contributed by atoms with Gasteiger partial charge in [0.2, 0.25) is 0 Å². The third kappa shape index (κ3) is 5.65. The average Bonchev–Trinajstić information content (AvgIpc) is 2.09. The summed E-state index contributed by atoms with van der Waals surface area (Å²) in [7, 11) is -4.38. The maximum atomic E-state index is 11.8. The van der Waals surface area contributed by atoms with Gasteiger partial charge in [-0.3, -0.25) is 13.7 Å². The molecule has 15 heavy (non-hydrogen) atoms. The summed E-state index contributed by atoms with van der Waals surface area (Å²) in [6, 6.07) is -1.38. The second-order valence-electron chi connectivity index (χ2n) is 3.15. The van der Waals surface area contributed by atoms with Gasteiger partial charge in [0.15, 0.2) is 0 Å². The highest BCUT2D eigenvalue weighted by molar-refractivity contribution is 7.86. The summed E-state index contributed by atoms with van der Waals surface area (Å²) in [5, 5.41) is 7.13. The monoisotopic (exact) mass is 243 g/mol. The molecule has 6 nitrogen and oxygen atoms in total. The van der Waals surface area contributed by atoms with Gasteiger partial charge < -0.3 is 10.8 Å². The Bertz CT molecular complexity index is 305. The highest BCUT2D eigenvalue weighted by Crippen LogP contribution is 2.13. The first-order valence-corrected chi connectivity index (χ1v) is 5.80. The lowest BCUT2D eigenvalue weighted by atomic mass is 10.1. The molecule has 0 aromatic rings. The van der Waals surface area contributed by atoms with Crippen LogP contribution in [0, 0.1) is 0 Å². The molecule has 8 heteroatoms. The lowest BCUT2D eigenvalue weighted by molar-refractivity contribution is -0.138. The number of halogens is 1. The Kier molecular flexibility index (Phi) is 5.69. The van der Waals surface area contributed by atoms with E-state index in [9.17, 15) is 17.6 Å². The Labute approximate surface area is 87.0 Å². The fourth-order valence-corrected chi connectivity index (χ4v) is 1.99. The van der Waals surface area contributed by atoms with Crippen LogP contribution in [0.3, 0.4) is 0 Å². The fourth-order valence-electron chi connectivity index (χ4n) is 1.08. The highest BCUT2D eigenvalue weighted by atomic mass is 32.2. The van der Waals surface area contributed by atoms with Crippen molar-refractivity contribution >= 4 is 16.1 Å². The topological polar surface area (TPSA) is 118 Å². The number of aliphatic carboxylic acids is 1. The van der Waals surface area contributed by atoms with Crippen molar-refractivity contribution in [2.24, 2.45) is 5.73 Å². The SMILES string of the molecule is N[C@@H](CC(CCCF)S(=O)(=O)O)C(=O)O. The largest absolute Gasteiger partial charge is 0.480 e. The summed E-state index contributed by atoms with van der Waals surface area (Å²) in [5.41, 5.74) is 5.12. The van der Waals surface area contributed by atoms with Crippen LogP contribution in [0.4, 0.5) is 4.39 Å². The van der Waals surface area contributed by atoms with E-state index in [1.54, 1.807) is 0 Å². The van der Waals surface area contributed by atoms with E-state index in [-0.39, 0.29) is 12.8 Å². The zero-order valence-electron chi connectivity index (χ0n) is 7.97. The molecule has 0 saturated carbocycles. The van der Waals surface area contributed by atoms with Gasteiger partial charge in [-0.05, 0) is 19.3 Å². The third-order valence-corrected chi connectivity index (χ3v) is 3.19. The van der Waals surface area contributed by atoms with E-state index in [1.165, 1.54) is 0 Å². The molecule has 4 N–H and O–H groups in total. The molecule has 0 aromatic carbocycles. The van der Waals surface area contributed by atoms with E-state index in [0.717, 1.165) is 0 Å². The Morgan fingerprint density at radius 2 is 2.00 bits per heavy atom. The van der Waals surface area contributed by atoms with Gasteiger partial charge in [0, 0.05) is 0 Å². The fraction of sp³-hybridized carbons (Fsp3) is 0.857. The zero-order chi connectivity index (χ0) is 12.1. The predicted molar refractivity (Wildman–Crippen MR) is 50.8 cm³/mol. The summed E-state index contributed by atoms with van der Waals surface area (Å²) >= 11 is 0. The minimum Gasteiger partial charge on any atom is -0.480 e. The van der Waals surface area contributed by atoms with E-state index in [2.05, 4.69) is 0 Å². The molecule has 0 radical (unpaired) electrons. The van der Waals surface area contributed by atoms with Crippen LogP contribution < -0.4 is 5.73 Å². The van der Waals surface area contributed by atoms with Crippen molar-refractivity contribution in [2.75, 3.05) is 6.67 Å². The van der Waals surface area contributed by atoms with Gasteiger partial charge in [0.25, 0.3) is 10.1 Å². The van der Waals surface area contributed by atoms with Crippen molar-refractivity contribution in [3.63, 3.8) is 0 Å². The maximum Gasteiger partial charge on any atom is 0.320 e. The molecule has 0 heterocycles. The van der Waals surface area contributed by atoms with Crippen LogP contribution in [0.15, 0.2) is 0 Å². The zero-order valence-corrected chi connectivity index (χ0v) is 8.78. The number of hydrogen-bond donors (Lipinski definition) is 3. The van der Waals surface area contributed by atoms with Crippen molar-refractivity contribution in [1.29, 1.82) is 0 Å². The second-order valence-corrected chi connectivity index (χ2v) is 4.85. The summed E-state index contributed by atoms with van der Waals surface area (Å²) in [4.78, 5) is 10.4. The average molecular weight is 243 g/mol. The van der Waals surface area contributed by atoms with Crippen molar-refractivity contribution in [2.45, 2.75) is 30.6 Å². The first-order chi connectivity index (χ1) is 6.79. The van der Waals surface area contributed by atoms with Crippen molar-refractivity contribution < 1.29 is 27.3 Å². The Balaban J connectivity index is 4.45. The van der Waals surface area contributed by atoms with E-state index < -0.39 is 40.5 Å². The van der Waals surface area contributed by atoms with Gasteiger partial charge in [-0.15, -0.1) is 0 Å². The van der Waals surface area contributed by atoms with E-state index >= 15 is 0 Å². The molecule has 0 aliphatic rings. The molecule has 90 valence electrons. The van der Waals surface area contributed by atoms with Gasteiger partial charge in [-0.2, -0.15) is 8.42 Å². The number of carbonyl (C=O) groups is 1. The van der Waals surface area contributed by atoms with Crippen LogP contribution in [0.25, 0.3) is 0 Å². The van der Waals surface area contributed by atoms with Crippen LogP contribution >= 0.6 is 0 Å². The molecule has 0 fully saturated rings. The molecule has 0 amide bonds. The minimum absolute atomic E-state index is 0.0587. The molecular formula is C7H14FNO5S. The molecule has 0 aliphatic carbocycles. The van der Waals surface area contributed by atoms with E-state index in [4.69, 9.17) is 15.4 Å². The molecule has 0 bridgehead atoms. The molecule has 0 aliphatic heterocycles. The number of rotatable bonds is 7. The third-order valence-electron chi connectivity index (χ3n) is 1.91. The lowest BCUT2D eigenvalue weighted by Crippen LogP contribution is -2.36. The smallest absolute Gasteiger partial charge is 0.320 e. The van der Waals surface area contributed by atoms with Gasteiger partial charge in [0.1, 0.15) is 6.04 Å². The van der Waals surface area contributed by atoms with Crippen LogP contribution in [0.1, 0.15) is 19.3 Å². The standard InChI is InChI=1S/C7H14FNO5S/c8-3-1-2-5(15(12,13)14)4-6(9)7(10)11/h5-6H,1-4,9H2,(H,10,11)(H,12,13,14)/t5?,6-/m0/s1. The normalized spacial score (nSPS) is 15.9. The van der Waals surface area contributed by atoms with Crippen LogP contribution in [-0.4, -0.2) is 42.0 Å². The first-order valence-electron chi connectivity index (χ1n) is 4.29. The van der Waals surface area contributed by atoms with Crippen LogP contribution in [0.5, 0.6) is 0 Å². The molecular weight excluding hydrogens is 229 g/mol. The van der Waals surface area contributed by atoms with Gasteiger partial charge in [0.05, 0.1) is 11.9 Å². The molecule has 0 spiro atoms. The van der Waals surface area contributed by atoms with Gasteiger partial charge >= 0.3 is 5.97 Å². The van der Waals surface area contributed by atoms with Crippen molar-refractivity contribution in [1.82, 2.24) is 0 Å². The first kappa shape index (κ1) is 14.3. The Morgan fingerprint density at radius 3 is 2.33 bits per heavy atom. The van der Waals surface area contributed by atoms with Crippen LogP contribution in [-0.2, 0) is 14.9 Å². The number of nitrogens with two attached hydrogens (primary N) is 1. The molecule has 0 rings (SSSR count). The van der Waals surface area contributed by atoms with Crippen molar-refractivity contribution in [3.05, 3.63) is 0 Å². The maximum absolute atomic E-state index is 11.8. The Morgan fingerprint density at radius 1 is 1.47 bits per heavy atom. The summed E-state index contributed by atoms with van der Waals surface area (Å²) in [6.07, 6.45) is -0.624. The van der Waals surface area contributed by atoms with Crippen molar-refractivity contribution in [3.8, 4) is 0 Å². The highest BCUT2D eigenvalue weighted by Gasteiger charge is 2.27. The van der Waals surface area contributed by atoms with E-state index in [1.807, 2.05) is 0 Å². The van der Waals surface area contributed by atoms with Gasteiger partial charge in [-0.1, -0.05) is 0 Å². The second kappa shape index (κ2) is 5.99. The quantitative estimate of drug-likeness (QED) is 0.533. The van der Waals surface area contributed by atoms with E-state index in [0.29, 0.717) is 0 Å². The summed E-state index contributed by atoms with van der Waals surface area (Å²) < 4.78 is 42.1. The van der Waals surface area contributed by atoms with Gasteiger partial charge in [-0.25, -0.2) is 0 Å². The minimum atomic E-state index is -4.38. The number of hydrogen-bond acceptors (Lipinski definition) is 4. The Hall–Kier alpha value is -0.730. The van der Waals surface area contributed by atoms with Crippen LogP contribution in [0.2, 0.25) is 0 Å². The summed E-state index contributed by atoms with van der Waals surface area (Å²) in [5.74, 6) is -1.36. The molecule has 1 unspecified atom stereocenters. The molecule has 0 aromatic heterocycles. The summed E-state index contributed by atoms with van der Waals surface area (Å²) in [6.45, 7) is -0.728. The molecule has 2 atom stereocenters. The molecule has 0 saturated heterocycles. The lowest BCUT2D eigenvalue weighted by Gasteiger charge is -2.15. The number of carboxylic acids is 1.